The molecule has 0 N–H and O–H groups in total. The average molecular weight is 433 g/mol. The maximum Gasteiger partial charge on any atom is 0.222 e. The van der Waals surface area contributed by atoms with Crippen LogP contribution in [0.5, 0.6) is 0 Å². The maximum atomic E-state index is 14.0. The number of hydrogen-bond donors (Lipinski definition) is 0. The van der Waals surface area contributed by atoms with Gasteiger partial charge < -0.3 is 0 Å². The van der Waals surface area contributed by atoms with Crippen molar-refractivity contribution < 1.29 is 8.78 Å². The summed E-state index contributed by atoms with van der Waals surface area (Å²) >= 11 is 5.89. The minimum atomic E-state index is -0.649. The second-order valence-electron chi connectivity index (χ2n) is 6.64. The molecule has 0 radical (unpaired) electrons. The molecule has 2 heterocycles. The van der Waals surface area contributed by atoms with E-state index in [4.69, 9.17) is 11.6 Å². The molecule has 3 aromatic rings. The molecular formula is C23H27ClF2N4. The fourth-order valence-corrected chi connectivity index (χ4v) is 3.42. The normalized spacial score (nSPS) is 14.6. The third-order valence-corrected chi connectivity index (χ3v) is 4.58. The van der Waals surface area contributed by atoms with Crippen molar-refractivity contribution in [2.45, 2.75) is 59.3 Å². The minimum Gasteiger partial charge on any atom is -0.227 e. The molecule has 0 saturated heterocycles. The minimum absolute atomic E-state index is 0.0451. The van der Waals surface area contributed by atoms with Gasteiger partial charge in [-0.1, -0.05) is 40.2 Å². The van der Waals surface area contributed by atoms with Crippen LogP contribution in [0.2, 0.25) is 5.28 Å². The highest BCUT2D eigenvalue weighted by molar-refractivity contribution is 6.28. The van der Waals surface area contributed by atoms with Crippen LogP contribution >= 0.6 is 11.6 Å². The van der Waals surface area contributed by atoms with Crippen LogP contribution in [0.3, 0.4) is 0 Å². The van der Waals surface area contributed by atoms with Gasteiger partial charge in [0.25, 0.3) is 0 Å². The Kier molecular flexibility index (Phi) is 9.24. The highest BCUT2D eigenvalue weighted by atomic mass is 35.5. The van der Waals surface area contributed by atoms with Crippen molar-refractivity contribution in [2.24, 2.45) is 0 Å². The van der Waals surface area contributed by atoms with E-state index in [1.54, 1.807) is 18.3 Å². The first-order chi connectivity index (χ1) is 14.5. The van der Waals surface area contributed by atoms with Crippen LogP contribution in [0.25, 0.3) is 11.3 Å². The highest BCUT2D eigenvalue weighted by Crippen LogP contribution is 2.36. The Balaban J connectivity index is 0.000000590. The predicted octanol–water partition coefficient (Wildman–Crippen LogP) is 6.78. The summed E-state index contributed by atoms with van der Waals surface area (Å²) in [5, 5.41) is 8.54. The zero-order chi connectivity index (χ0) is 22.1. The van der Waals surface area contributed by atoms with E-state index >= 15 is 0 Å². The lowest BCUT2D eigenvalue weighted by Gasteiger charge is -2.23. The summed E-state index contributed by atoms with van der Waals surface area (Å²) in [5.74, 6) is -1.34. The lowest BCUT2D eigenvalue weighted by Crippen LogP contribution is -2.16. The maximum absolute atomic E-state index is 14.0. The van der Waals surface area contributed by atoms with Crippen molar-refractivity contribution in [3.05, 3.63) is 70.4 Å². The van der Waals surface area contributed by atoms with E-state index in [1.165, 1.54) is 24.6 Å². The van der Waals surface area contributed by atoms with Gasteiger partial charge in [-0.25, -0.2) is 18.7 Å². The third kappa shape index (κ3) is 5.57. The summed E-state index contributed by atoms with van der Waals surface area (Å²) in [6.07, 6.45) is 5.42. The van der Waals surface area contributed by atoms with Crippen LogP contribution in [0.15, 0.2) is 36.5 Å². The van der Waals surface area contributed by atoms with E-state index in [0.29, 0.717) is 0 Å². The summed E-state index contributed by atoms with van der Waals surface area (Å²) < 4.78 is 28.0. The number of aryl methyl sites for hydroxylation is 1. The Labute approximate surface area is 181 Å². The van der Waals surface area contributed by atoms with Gasteiger partial charge in [-0.2, -0.15) is 10.2 Å². The van der Waals surface area contributed by atoms with Gasteiger partial charge in [0.1, 0.15) is 11.6 Å². The first kappa shape index (κ1) is 23.8. The number of nitrogens with zero attached hydrogens (tertiary/aromatic N) is 4. The molecule has 1 aliphatic carbocycles. The molecule has 1 aliphatic rings. The van der Waals surface area contributed by atoms with E-state index in [-0.39, 0.29) is 22.5 Å². The first-order valence-electron chi connectivity index (χ1n) is 10.3. The van der Waals surface area contributed by atoms with Gasteiger partial charge in [-0.3, -0.25) is 0 Å². The fourth-order valence-electron chi connectivity index (χ4n) is 3.26. The molecule has 7 heteroatoms. The van der Waals surface area contributed by atoms with E-state index in [1.807, 2.05) is 13.8 Å². The summed E-state index contributed by atoms with van der Waals surface area (Å²) in [6, 6.07) is 7.28. The molecule has 30 heavy (non-hydrogen) atoms. The summed E-state index contributed by atoms with van der Waals surface area (Å²) in [5.41, 5.74) is 2.54. The number of hydrogen-bond acceptors (Lipinski definition) is 4. The van der Waals surface area contributed by atoms with E-state index in [0.717, 1.165) is 36.2 Å². The van der Waals surface area contributed by atoms with Crippen LogP contribution in [-0.4, -0.2) is 20.2 Å². The summed E-state index contributed by atoms with van der Waals surface area (Å²) in [7, 11) is 0. The molecule has 4 nitrogen and oxygen atoms in total. The second kappa shape index (κ2) is 11.6. The molecule has 1 unspecified atom stereocenters. The molecule has 0 aliphatic heterocycles. The summed E-state index contributed by atoms with van der Waals surface area (Å²) in [6.45, 7) is 8.25. The molecule has 0 fully saturated rings. The molecule has 4 rings (SSSR count). The monoisotopic (exact) mass is 432 g/mol. The van der Waals surface area contributed by atoms with Crippen molar-refractivity contribution in [1.82, 2.24) is 20.2 Å². The van der Waals surface area contributed by atoms with E-state index in [9.17, 15) is 8.78 Å². The van der Waals surface area contributed by atoms with Crippen molar-refractivity contribution in [3.63, 3.8) is 0 Å². The quantitative estimate of drug-likeness (QED) is 0.419. The van der Waals surface area contributed by atoms with Crippen LogP contribution in [0.1, 0.15) is 69.8 Å². The molecule has 0 spiro atoms. The number of benzene rings is 1. The Morgan fingerprint density at radius 1 is 1.07 bits per heavy atom. The van der Waals surface area contributed by atoms with Crippen molar-refractivity contribution in [1.29, 1.82) is 0 Å². The lowest BCUT2D eigenvalue weighted by atomic mass is 9.84. The van der Waals surface area contributed by atoms with Crippen LogP contribution in [0.4, 0.5) is 8.78 Å². The fraction of sp³-hybridized carbons (Fsp3) is 0.391. The Morgan fingerprint density at radius 3 is 2.37 bits per heavy atom. The first-order valence-corrected chi connectivity index (χ1v) is 10.7. The van der Waals surface area contributed by atoms with Crippen molar-refractivity contribution >= 4 is 11.6 Å². The zero-order valence-electron chi connectivity index (χ0n) is 17.8. The smallest absolute Gasteiger partial charge is 0.222 e. The Morgan fingerprint density at radius 2 is 1.73 bits per heavy atom. The number of halogens is 3. The molecule has 1 aromatic carbocycles. The molecule has 160 valence electrons. The lowest BCUT2D eigenvalue weighted by molar-refractivity contribution is 0.572. The summed E-state index contributed by atoms with van der Waals surface area (Å²) in [4.78, 5) is 8.17. The average Bonchev–Trinajstić information content (AvgIpc) is 2.75. The van der Waals surface area contributed by atoms with Gasteiger partial charge in [0.15, 0.2) is 0 Å². The molecule has 2 aromatic heterocycles. The van der Waals surface area contributed by atoms with Gasteiger partial charge in [0, 0.05) is 12.1 Å². The molecular weight excluding hydrogens is 406 g/mol. The number of fused-ring (bicyclic) bond motifs is 1. The standard InChI is InChI=1S/C18H13ClF2N4.C3H8.C2H6/c19-18-22-8-7-14(23-18)11-4-1-3-10-9-15(24-25-17(10)11)16-12(20)5-2-6-13(16)21;1-3-2;1-2/h2,5-9,11H,1,3-4H2;3H2,1-2H3;1-2H3. The van der Waals surface area contributed by atoms with Crippen LogP contribution in [0, 0.1) is 11.6 Å². The molecule has 1 atom stereocenters. The molecule has 0 saturated carbocycles. The van der Waals surface area contributed by atoms with Gasteiger partial charge in [0.05, 0.1) is 22.6 Å². The van der Waals surface area contributed by atoms with E-state index < -0.39 is 11.6 Å². The molecule has 0 amide bonds. The number of rotatable bonds is 2. The Bertz CT molecular complexity index is 945. The molecule has 0 bridgehead atoms. The largest absolute Gasteiger partial charge is 0.227 e. The van der Waals surface area contributed by atoms with Gasteiger partial charge in [0.2, 0.25) is 5.28 Å². The topological polar surface area (TPSA) is 51.6 Å². The van der Waals surface area contributed by atoms with Gasteiger partial charge in [-0.05, 0) is 60.7 Å². The van der Waals surface area contributed by atoms with Crippen LogP contribution in [-0.2, 0) is 6.42 Å². The SMILES string of the molecule is CC.CCC.Fc1cccc(F)c1-c1cc2c(nn1)C(c1ccnc(Cl)n1)CCC2. The predicted molar refractivity (Wildman–Crippen MR) is 117 cm³/mol. The third-order valence-electron chi connectivity index (χ3n) is 4.40. The second-order valence-corrected chi connectivity index (χ2v) is 6.98. The van der Waals surface area contributed by atoms with E-state index in [2.05, 4.69) is 34.0 Å². The van der Waals surface area contributed by atoms with Gasteiger partial charge >= 0.3 is 0 Å². The highest BCUT2D eigenvalue weighted by Gasteiger charge is 2.26. The number of aromatic nitrogens is 4. The van der Waals surface area contributed by atoms with Crippen molar-refractivity contribution in [2.75, 3.05) is 0 Å². The van der Waals surface area contributed by atoms with Crippen LogP contribution < -0.4 is 0 Å². The van der Waals surface area contributed by atoms with Gasteiger partial charge in [-0.15, -0.1) is 0 Å². The zero-order valence-corrected chi connectivity index (χ0v) is 18.5. The van der Waals surface area contributed by atoms with Crippen molar-refractivity contribution in [3.8, 4) is 11.3 Å². The Hall–Kier alpha value is -2.47.